The zero-order chi connectivity index (χ0) is 13.1. The van der Waals surface area contributed by atoms with E-state index in [0.717, 1.165) is 45.6 Å². The quantitative estimate of drug-likeness (QED) is 0.919. The first-order valence-electron chi connectivity index (χ1n) is 7.34. The van der Waals surface area contributed by atoms with E-state index in [2.05, 4.69) is 22.4 Å². The van der Waals surface area contributed by atoms with Crippen molar-refractivity contribution in [2.45, 2.75) is 43.7 Å². The van der Waals surface area contributed by atoms with Gasteiger partial charge in [0.2, 0.25) is 0 Å². The molecule has 2 fully saturated rings. The smallest absolute Gasteiger partial charge is 0.0771 e. The molecule has 1 aliphatic heterocycles. The molecule has 3 rings (SSSR count). The number of nitrogens with zero attached hydrogens (tertiary/aromatic N) is 1. The van der Waals surface area contributed by atoms with Crippen molar-refractivity contribution in [2.75, 3.05) is 26.3 Å². The van der Waals surface area contributed by atoms with Crippen LogP contribution in [0.2, 0.25) is 0 Å². The highest BCUT2D eigenvalue weighted by molar-refractivity contribution is 7.09. The normalized spacial score (nSPS) is 25.5. The predicted molar refractivity (Wildman–Crippen MR) is 77.6 cm³/mol. The van der Waals surface area contributed by atoms with Gasteiger partial charge in [0.1, 0.15) is 0 Å². The molecule has 1 saturated carbocycles. The lowest BCUT2D eigenvalue weighted by Crippen LogP contribution is -2.58. The molecule has 1 unspecified atom stereocenters. The van der Waals surface area contributed by atoms with E-state index in [9.17, 15) is 5.11 Å². The molecule has 2 aliphatic rings. The zero-order valence-corrected chi connectivity index (χ0v) is 12.2. The number of ether oxygens (including phenoxy) is 1. The number of thiophene rings is 1. The fraction of sp³-hybridized carbons (Fsp3) is 0.733. The average Bonchev–Trinajstić information content (AvgIpc) is 3.11. The van der Waals surface area contributed by atoms with E-state index in [-0.39, 0.29) is 11.6 Å². The topological polar surface area (TPSA) is 32.7 Å². The molecule has 0 aromatic carbocycles. The predicted octanol–water partition coefficient (Wildman–Crippen LogP) is 2.30. The Bertz CT molecular complexity index is 381. The molecule has 0 radical (unpaired) electrons. The van der Waals surface area contributed by atoms with Crippen molar-refractivity contribution in [1.82, 2.24) is 4.90 Å². The molecule has 1 aromatic heterocycles. The van der Waals surface area contributed by atoms with Gasteiger partial charge in [0, 0.05) is 29.9 Å². The molecule has 106 valence electrons. The minimum Gasteiger partial charge on any atom is -0.391 e. The van der Waals surface area contributed by atoms with E-state index in [1.807, 2.05) is 0 Å². The van der Waals surface area contributed by atoms with Crippen molar-refractivity contribution in [3.63, 3.8) is 0 Å². The summed E-state index contributed by atoms with van der Waals surface area (Å²) in [6.07, 6.45) is 5.33. The van der Waals surface area contributed by atoms with Crippen LogP contribution in [0.3, 0.4) is 0 Å². The second-order valence-electron chi connectivity index (χ2n) is 5.71. The lowest BCUT2D eigenvalue weighted by Gasteiger charge is -2.46. The summed E-state index contributed by atoms with van der Waals surface area (Å²) >= 11 is 1.75. The summed E-state index contributed by atoms with van der Waals surface area (Å²) in [5.74, 6) is 0. The summed E-state index contributed by atoms with van der Waals surface area (Å²) < 4.78 is 5.47. The van der Waals surface area contributed by atoms with E-state index >= 15 is 0 Å². The van der Waals surface area contributed by atoms with E-state index in [1.165, 1.54) is 17.7 Å². The van der Waals surface area contributed by atoms with Gasteiger partial charge in [-0.3, -0.25) is 4.90 Å². The van der Waals surface area contributed by atoms with Crippen molar-refractivity contribution >= 4 is 11.3 Å². The van der Waals surface area contributed by atoms with Crippen LogP contribution in [0.25, 0.3) is 0 Å². The lowest BCUT2D eigenvalue weighted by molar-refractivity contribution is -0.0751. The van der Waals surface area contributed by atoms with Crippen LogP contribution in [-0.2, 0) is 11.2 Å². The molecule has 1 atom stereocenters. The largest absolute Gasteiger partial charge is 0.391 e. The van der Waals surface area contributed by atoms with Gasteiger partial charge in [0.15, 0.2) is 0 Å². The second-order valence-corrected chi connectivity index (χ2v) is 6.74. The van der Waals surface area contributed by atoms with Gasteiger partial charge in [-0.15, -0.1) is 11.3 Å². The monoisotopic (exact) mass is 281 g/mol. The maximum Gasteiger partial charge on any atom is 0.0771 e. The van der Waals surface area contributed by atoms with Crippen LogP contribution in [0.15, 0.2) is 17.5 Å². The van der Waals surface area contributed by atoms with E-state index in [0.29, 0.717) is 0 Å². The van der Waals surface area contributed by atoms with Crippen LogP contribution in [0, 0.1) is 0 Å². The lowest BCUT2D eigenvalue weighted by atomic mass is 9.85. The molecule has 1 N–H and O–H groups in total. The first kappa shape index (κ1) is 13.6. The van der Waals surface area contributed by atoms with Crippen LogP contribution in [-0.4, -0.2) is 48.0 Å². The van der Waals surface area contributed by atoms with Crippen molar-refractivity contribution in [3.8, 4) is 0 Å². The number of hydrogen-bond acceptors (Lipinski definition) is 4. The molecule has 1 aromatic rings. The molecule has 0 spiro atoms. The van der Waals surface area contributed by atoms with Gasteiger partial charge in [-0.05, 0) is 24.3 Å². The number of aliphatic hydroxyl groups is 1. The number of hydrogen-bond donors (Lipinski definition) is 1. The van der Waals surface area contributed by atoms with Crippen molar-refractivity contribution in [1.29, 1.82) is 0 Å². The zero-order valence-electron chi connectivity index (χ0n) is 11.4. The Morgan fingerprint density at radius 3 is 2.68 bits per heavy atom. The first-order chi connectivity index (χ1) is 9.31. The number of aliphatic hydroxyl groups excluding tert-OH is 1. The first-order valence-corrected chi connectivity index (χ1v) is 8.22. The van der Waals surface area contributed by atoms with Crippen molar-refractivity contribution in [2.24, 2.45) is 0 Å². The van der Waals surface area contributed by atoms with Crippen LogP contribution in [0.5, 0.6) is 0 Å². The Morgan fingerprint density at radius 1 is 1.32 bits per heavy atom. The summed E-state index contributed by atoms with van der Waals surface area (Å²) in [5, 5.41) is 12.9. The summed E-state index contributed by atoms with van der Waals surface area (Å²) in [4.78, 5) is 3.80. The van der Waals surface area contributed by atoms with Gasteiger partial charge in [-0.25, -0.2) is 0 Å². The molecule has 0 amide bonds. The number of morpholine rings is 1. The average molecular weight is 281 g/mol. The van der Waals surface area contributed by atoms with E-state index in [4.69, 9.17) is 4.74 Å². The van der Waals surface area contributed by atoms with E-state index in [1.54, 1.807) is 11.3 Å². The molecule has 4 heteroatoms. The highest BCUT2D eigenvalue weighted by Crippen LogP contribution is 2.39. The summed E-state index contributed by atoms with van der Waals surface area (Å²) in [6.45, 7) is 3.57. The Morgan fingerprint density at radius 2 is 2.05 bits per heavy atom. The highest BCUT2D eigenvalue weighted by Gasteiger charge is 2.45. The van der Waals surface area contributed by atoms with Crippen LogP contribution in [0.1, 0.15) is 30.6 Å². The highest BCUT2D eigenvalue weighted by atomic mass is 32.1. The van der Waals surface area contributed by atoms with Crippen molar-refractivity contribution in [3.05, 3.63) is 22.4 Å². The standard InChI is InChI=1S/C15H23NO2S/c17-14(12-13-4-3-11-19-13)15(5-1-2-6-15)16-7-9-18-10-8-16/h3-4,11,14,17H,1-2,5-10,12H2. The molecular weight excluding hydrogens is 258 g/mol. The van der Waals surface area contributed by atoms with Crippen LogP contribution in [0.4, 0.5) is 0 Å². The Labute approximate surface area is 119 Å². The summed E-state index contributed by atoms with van der Waals surface area (Å²) in [6, 6.07) is 4.21. The third-order valence-electron chi connectivity index (χ3n) is 4.71. The van der Waals surface area contributed by atoms with Gasteiger partial charge in [-0.1, -0.05) is 18.9 Å². The Hall–Kier alpha value is -0.420. The SMILES string of the molecule is OC(Cc1cccs1)C1(N2CCOCC2)CCCC1. The van der Waals surface area contributed by atoms with Crippen LogP contribution < -0.4 is 0 Å². The van der Waals surface area contributed by atoms with Crippen molar-refractivity contribution < 1.29 is 9.84 Å². The van der Waals surface area contributed by atoms with Gasteiger partial charge in [0.25, 0.3) is 0 Å². The Kier molecular flexibility index (Phi) is 4.22. The Balaban J connectivity index is 1.75. The number of rotatable bonds is 4. The van der Waals surface area contributed by atoms with Gasteiger partial charge in [0.05, 0.1) is 19.3 Å². The third-order valence-corrected chi connectivity index (χ3v) is 5.60. The molecule has 1 saturated heterocycles. The maximum atomic E-state index is 10.8. The molecule has 2 heterocycles. The maximum absolute atomic E-state index is 10.8. The molecule has 0 bridgehead atoms. The van der Waals surface area contributed by atoms with E-state index < -0.39 is 0 Å². The van der Waals surface area contributed by atoms with Gasteiger partial charge >= 0.3 is 0 Å². The minimum absolute atomic E-state index is 0.00771. The fourth-order valence-corrected chi connectivity index (χ4v) is 4.41. The molecular formula is C15H23NO2S. The summed E-state index contributed by atoms with van der Waals surface area (Å²) in [7, 11) is 0. The third kappa shape index (κ3) is 2.72. The fourth-order valence-electron chi connectivity index (χ4n) is 3.67. The van der Waals surface area contributed by atoms with Gasteiger partial charge < -0.3 is 9.84 Å². The molecule has 1 aliphatic carbocycles. The molecule has 19 heavy (non-hydrogen) atoms. The van der Waals surface area contributed by atoms with Crippen LogP contribution >= 0.6 is 11.3 Å². The second kappa shape index (κ2) is 5.92. The van der Waals surface area contributed by atoms with Gasteiger partial charge in [-0.2, -0.15) is 0 Å². The minimum atomic E-state index is -0.244. The molecule has 3 nitrogen and oxygen atoms in total. The summed E-state index contributed by atoms with van der Waals surface area (Å²) in [5.41, 5.74) is 0.00771.